The number of nitrogens with one attached hydrogen (secondary N) is 1. The van der Waals surface area contributed by atoms with Gasteiger partial charge in [0.05, 0.1) is 24.3 Å². The average molecular weight is 272 g/mol. The summed E-state index contributed by atoms with van der Waals surface area (Å²) in [6, 6.07) is 2.06. The molecule has 1 aromatic heterocycles. The fourth-order valence-electron chi connectivity index (χ4n) is 2.33. The first-order chi connectivity index (χ1) is 8.52. The molecule has 1 aliphatic heterocycles. The van der Waals surface area contributed by atoms with E-state index in [1.807, 2.05) is 20.2 Å². The van der Waals surface area contributed by atoms with E-state index in [1.54, 1.807) is 6.26 Å². The monoisotopic (exact) mass is 272 g/mol. The van der Waals surface area contributed by atoms with Gasteiger partial charge in [0.25, 0.3) is 0 Å². The lowest BCUT2D eigenvalue weighted by molar-refractivity contribution is 0.232. The van der Waals surface area contributed by atoms with Gasteiger partial charge in [-0.25, -0.2) is 8.42 Å². The maximum atomic E-state index is 11.5. The van der Waals surface area contributed by atoms with Crippen molar-refractivity contribution in [2.24, 2.45) is 0 Å². The minimum absolute atomic E-state index is 0.113. The molecule has 6 heteroatoms. The van der Waals surface area contributed by atoms with Crippen molar-refractivity contribution in [3.8, 4) is 0 Å². The first kappa shape index (κ1) is 13.6. The van der Waals surface area contributed by atoms with Crippen LogP contribution in [0.3, 0.4) is 0 Å². The van der Waals surface area contributed by atoms with E-state index >= 15 is 0 Å². The van der Waals surface area contributed by atoms with Gasteiger partial charge in [0.2, 0.25) is 0 Å². The number of furan rings is 1. The van der Waals surface area contributed by atoms with Crippen molar-refractivity contribution in [3.63, 3.8) is 0 Å². The summed E-state index contributed by atoms with van der Waals surface area (Å²) in [5, 5.41) is 3.09. The average Bonchev–Trinajstić information content (AvgIpc) is 2.86. The van der Waals surface area contributed by atoms with Crippen molar-refractivity contribution in [2.45, 2.75) is 25.6 Å². The Hall–Kier alpha value is -0.850. The lowest BCUT2D eigenvalue weighted by atomic mass is 10.2. The van der Waals surface area contributed by atoms with Crippen LogP contribution >= 0.6 is 0 Å². The highest BCUT2D eigenvalue weighted by Gasteiger charge is 2.31. The SMILES string of the molecule is CNCc1ccoc1CN(C)C1CCS(=O)(=O)C1. The first-order valence-corrected chi connectivity index (χ1v) is 7.94. The van der Waals surface area contributed by atoms with Gasteiger partial charge in [-0.1, -0.05) is 0 Å². The van der Waals surface area contributed by atoms with Gasteiger partial charge >= 0.3 is 0 Å². The summed E-state index contributed by atoms with van der Waals surface area (Å²) in [4.78, 5) is 2.07. The molecule has 0 aliphatic carbocycles. The molecule has 1 saturated heterocycles. The van der Waals surface area contributed by atoms with Crippen LogP contribution in [0.4, 0.5) is 0 Å². The lowest BCUT2D eigenvalue weighted by Crippen LogP contribution is -2.32. The highest BCUT2D eigenvalue weighted by molar-refractivity contribution is 7.91. The topological polar surface area (TPSA) is 62.6 Å². The van der Waals surface area contributed by atoms with Crippen molar-refractivity contribution < 1.29 is 12.8 Å². The van der Waals surface area contributed by atoms with Gasteiger partial charge in [-0.15, -0.1) is 0 Å². The molecule has 1 unspecified atom stereocenters. The quantitative estimate of drug-likeness (QED) is 0.851. The number of sulfone groups is 1. The third kappa shape index (κ3) is 3.13. The minimum atomic E-state index is -2.82. The summed E-state index contributed by atoms with van der Waals surface area (Å²) < 4.78 is 28.4. The molecule has 18 heavy (non-hydrogen) atoms. The zero-order chi connectivity index (χ0) is 13.2. The molecule has 0 saturated carbocycles. The Morgan fingerprint density at radius 3 is 2.94 bits per heavy atom. The number of nitrogens with zero attached hydrogens (tertiary/aromatic N) is 1. The summed E-state index contributed by atoms with van der Waals surface area (Å²) in [6.45, 7) is 1.42. The number of rotatable bonds is 5. The second kappa shape index (κ2) is 5.42. The molecule has 0 aromatic carbocycles. The molecule has 0 bridgehead atoms. The summed E-state index contributed by atoms with van der Waals surface area (Å²) in [5.74, 6) is 1.49. The number of hydrogen-bond donors (Lipinski definition) is 1. The zero-order valence-electron chi connectivity index (χ0n) is 10.8. The van der Waals surface area contributed by atoms with Gasteiger partial charge in [-0.3, -0.25) is 4.90 Å². The lowest BCUT2D eigenvalue weighted by Gasteiger charge is -2.22. The molecule has 102 valence electrons. The highest BCUT2D eigenvalue weighted by atomic mass is 32.2. The van der Waals surface area contributed by atoms with Crippen LogP contribution in [0.2, 0.25) is 0 Å². The van der Waals surface area contributed by atoms with E-state index in [4.69, 9.17) is 4.42 Å². The molecule has 1 N–H and O–H groups in total. The highest BCUT2D eigenvalue weighted by Crippen LogP contribution is 2.20. The predicted octanol–water partition coefficient (Wildman–Crippen LogP) is 0.618. The standard InChI is InChI=1S/C12H20N2O3S/c1-13-7-10-3-5-17-12(10)8-14(2)11-4-6-18(15,16)9-11/h3,5,11,13H,4,6-9H2,1-2H3. The van der Waals surface area contributed by atoms with Crippen LogP contribution in [0.15, 0.2) is 16.7 Å². The van der Waals surface area contributed by atoms with Gasteiger partial charge in [-0.2, -0.15) is 0 Å². The van der Waals surface area contributed by atoms with Crippen LogP contribution in [0.5, 0.6) is 0 Å². The van der Waals surface area contributed by atoms with Gasteiger partial charge in [0.1, 0.15) is 5.76 Å². The van der Waals surface area contributed by atoms with E-state index in [1.165, 1.54) is 0 Å². The van der Waals surface area contributed by atoms with Crippen molar-refractivity contribution in [1.29, 1.82) is 0 Å². The molecule has 0 radical (unpaired) electrons. The van der Waals surface area contributed by atoms with E-state index in [2.05, 4.69) is 10.2 Å². The van der Waals surface area contributed by atoms with Gasteiger partial charge in [-0.05, 0) is 26.6 Å². The molecule has 1 aromatic rings. The van der Waals surface area contributed by atoms with Crippen molar-refractivity contribution in [2.75, 3.05) is 25.6 Å². The van der Waals surface area contributed by atoms with Gasteiger partial charge < -0.3 is 9.73 Å². The molecule has 0 spiro atoms. The number of hydrogen-bond acceptors (Lipinski definition) is 5. The molecule has 0 amide bonds. The molecule has 5 nitrogen and oxygen atoms in total. The Kier molecular flexibility index (Phi) is 4.09. The van der Waals surface area contributed by atoms with E-state index in [0.717, 1.165) is 24.3 Å². The molecule has 1 atom stereocenters. The van der Waals surface area contributed by atoms with Crippen LogP contribution in [-0.2, 0) is 22.9 Å². The largest absolute Gasteiger partial charge is 0.468 e. The fourth-order valence-corrected chi connectivity index (χ4v) is 4.14. The predicted molar refractivity (Wildman–Crippen MR) is 70.0 cm³/mol. The molecule has 2 rings (SSSR count). The van der Waals surface area contributed by atoms with Crippen molar-refractivity contribution in [3.05, 3.63) is 23.7 Å². The molecule has 1 aliphatic rings. The Morgan fingerprint density at radius 2 is 2.33 bits per heavy atom. The fraction of sp³-hybridized carbons (Fsp3) is 0.667. The van der Waals surface area contributed by atoms with Gasteiger partial charge in [0, 0.05) is 18.2 Å². The van der Waals surface area contributed by atoms with E-state index in [-0.39, 0.29) is 11.8 Å². The molecule has 2 heterocycles. The second-order valence-electron chi connectivity index (χ2n) is 4.87. The minimum Gasteiger partial charge on any atom is -0.468 e. The van der Waals surface area contributed by atoms with Crippen molar-refractivity contribution >= 4 is 9.84 Å². The smallest absolute Gasteiger partial charge is 0.151 e. The van der Waals surface area contributed by atoms with Crippen LogP contribution in [-0.4, -0.2) is 45.0 Å². The van der Waals surface area contributed by atoms with Crippen LogP contribution in [0.1, 0.15) is 17.7 Å². The summed E-state index contributed by atoms with van der Waals surface area (Å²) >= 11 is 0. The Labute approximate surface area is 108 Å². The van der Waals surface area contributed by atoms with E-state index in [0.29, 0.717) is 12.3 Å². The molecular weight excluding hydrogens is 252 g/mol. The first-order valence-electron chi connectivity index (χ1n) is 6.12. The summed E-state index contributed by atoms with van der Waals surface area (Å²) in [5.41, 5.74) is 1.13. The van der Waals surface area contributed by atoms with Crippen LogP contribution < -0.4 is 5.32 Å². The van der Waals surface area contributed by atoms with E-state index < -0.39 is 9.84 Å². The third-order valence-corrected chi connectivity index (χ3v) is 5.18. The maximum absolute atomic E-state index is 11.5. The maximum Gasteiger partial charge on any atom is 0.151 e. The van der Waals surface area contributed by atoms with Crippen LogP contribution in [0.25, 0.3) is 0 Å². The van der Waals surface area contributed by atoms with Crippen molar-refractivity contribution in [1.82, 2.24) is 10.2 Å². The Balaban J connectivity index is 1.99. The zero-order valence-corrected chi connectivity index (χ0v) is 11.7. The summed E-state index contributed by atoms with van der Waals surface area (Å²) in [6.07, 6.45) is 2.40. The van der Waals surface area contributed by atoms with Gasteiger partial charge in [0.15, 0.2) is 9.84 Å². The van der Waals surface area contributed by atoms with Crippen LogP contribution in [0, 0.1) is 0 Å². The molecule has 1 fully saturated rings. The Bertz CT molecular complexity index is 495. The Morgan fingerprint density at radius 1 is 1.56 bits per heavy atom. The second-order valence-corrected chi connectivity index (χ2v) is 7.10. The normalized spacial score (nSPS) is 22.7. The molecular formula is C12H20N2O3S. The third-order valence-electron chi connectivity index (χ3n) is 3.43. The van der Waals surface area contributed by atoms with E-state index in [9.17, 15) is 8.42 Å². The summed E-state index contributed by atoms with van der Waals surface area (Å²) in [7, 11) is 1.02.